The van der Waals surface area contributed by atoms with Crippen molar-refractivity contribution in [3.05, 3.63) is 62.7 Å². The maximum Gasteiger partial charge on any atom is 0.339 e. The van der Waals surface area contributed by atoms with Crippen molar-refractivity contribution in [2.24, 2.45) is 0 Å². The van der Waals surface area contributed by atoms with Gasteiger partial charge in [0.25, 0.3) is 5.56 Å². The fourth-order valence-corrected chi connectivity index (χ4v) is 2.03. The number of halogens is 1. The van der Waals surface area contributed by atoms with E-state index in [-0.39, 0.29) is 12.1 Å². The van der Waals surface area contributed by atoms with E-state index in [1.54, 1.807) is 30.6 Å². The molecule has 2 aromatic rings. The number of ether oxygens (including phenoxy) is 1. The number of carbonyl (C=O) groups excluding carboxylic acids is 1. The molecule has 0 unspecified atom stereocenters. The summed E-state index contributed by atoms with van der Waals surface area (Å²) in [4.78, 5) is 27.5. The van der Waals surface area contributed by atoms with Crippen LogP contribution in [0.4, 0.5) is 0 Å². The van der Waals surface area contributed by atoms with Gasteiger partial charge in [-0.3, -0.25) is 9.78 Å². The van der Waals surface area contributed by atoms with Crippen LogP contribution in [-0.4, -0.2) is 22.6 Å². The van der Waals surface area contributed by atoms with E-state index in [2.05, 4.69) is 20.9 Å². The molecule has 0 amide bonds. The SMILES string of the molecule is COC(=O)c1cccnc1Cn1cc(Br)ccc1=O. The van der Waals surface area contributed by atoms with Crippen LogP contribution in [0.15, 0.2) is 45.9 Å². The van der Waals surface area contributed by atoms with Gasteiger partial charge in [0, 0.05) is 22.9 Å². The van der Waals surface area contributed by atoms with E-state index in [1.165, 1.54) is 17.7 Å². The second-order valence-electron chi connectivity index (χ2n) is 3.80. The van der Waals surface area contributed by atoms with Gasteiger partial charge in [-0.2, -0.15) is 0 Å². The van der Waals surface area contributed by atoms with Gasteiger partial charge >= 0.3 is 5.97 Å². The lowest BCUT2D eigenvalue weighted by molar-refractivity contribution is 0.0598. The van der Waals surface area contributed by atoms with Crippen LogP contribution in [0.25, 0.3) is 0 Å². The minimum Gasteiger partial charge on any atom is -0.465 e. The van der Waals surface area contributed by atoms with Crippen LogP contribution in [0.3, 0.4) is 0 Å². The Labute approximate surface area is 118 Å². The Hall–Kier alpha value is -1.95. The number of methoxy groups -OCH3 is 1. The minimum atomic E-state index is -0.467. The molecule has 0 atom stereocenters. The highest BCUT2D eigenvalue weighted by atomic mass is 79.9. The Bertz CT molecular complexity index is 667. The zero-order valence-electron chi connectivity index (χ0n) is 10.2. The van der Waals surface area contributed by atoms with Crippen LogP contribution >= 0.6 is 15.9 Å². The predicted octanol–water partition coefficient (Wildman–Crippen LogP) is 1.84. The third-order valence-corrected chi connectivity index (χ3v) is 3.03. The van der Waals surface area contributed by atoms with Gasteiger partial charge in [-0.05, 0) is 34.1 Å². The van der Waals surface area contributed by atoms with Gasteiger partial charge in [-0.1, -0.05) is 0 Å². The Kier molecular flexibility index (Phi) is 4.11. The number of rotatable bonds is 3. The Morgan fingerprint density at radius 3 is 2.95 bits per heavy atom. The fourth-order valence-electron chi connectivity index (χ4n) is 1.65. The predicted molar refractivity (Wildman–Crippen MR) is 73.1 cm³/mol. The zero-order chi connectivity index (χ0) is 13.8. The maximum absolute atomic E-state index is 11.7. The highest BCUT2D eigenvalue weighted by Crippen LogP contribution is 2.10. The summed E-state index contributed by atoms with van der Waals surface area (Å²) in [5.41, 5.74) is 0.691. The second-order valence-corrected chi connectivity index (χ2v) is 4.72. The highest BCUT2D eigenvalue weighted by molar-refractivity contribution is 9.10. The third kappa shape index (κ3) is 3.08. The molecule has 0 bridgehead atoms. The summed E-state index contributed by atoms with van der Waals surface area (Å²) in [6, 6.07) is 6.39. The van der Waals surface area contributed by atoms with Gasteiger partial charge < -0.3 is 9.30 Å². The average molecular weight is 323 g/mol. The summed E-state index contributed by atoms with van der Waals surface area (Å²) in [6.07, 6.45) is 3.23. The smallest absolute Gasteiger partial charge is 0.339 e. The molecule has 0 fully saturated rings. The van der Waals surface area contributed by atoms with E-state index in [4.69, 9.17) is 4.74 Å². The molecule has 0 aromatic carbocycles. The summed E-state index contributed by atoms with van der Waals surface area (Å²) >= 11 is 3.30. The number of pyridine rings is 2. The molecule has 0 radical (unpaired) electrons. The highest BCUT2D eigenvalue weighted by Gasteiger charge is 2.13. The molecule has 6 heteroatoms. The molecule has 0 spiro atoms. The molecule has 0 N–H and O–H groups in total. The van der Waals surface area contributed by atoms with Crippen LogP contribution in [0.5, 0.6) is 0 Å². The van der Waals surface area contributed by atoms with Gasteiger partial charge in [0.2, 0.25) is 0 Å². The molecule has 2 aromatic heterocycles. The van der Waals surface area contributed by atoms with Crippen molar-refractivity contribution in [2.45, 2.75) is 6.54 Å². The van der Waals surface area contributed by atoms with Gasteiger partial charge in [0.1, 0.15) is 0 Å². The number of hydrogen-bond acceptors (Lipinski definition) is 4. The topological polar surface area (TPSA) is 61.2 Å². The number of carbonyl (C=O) groups is 1. The standard InChI is InChI=1S/C13H11BrN2O3/c1-19-13(18)10-3-2-6-15-11(10)8-16-7-9(14)4-5-12(16)17/h2-7H,8H2,1H3. The van der Waals surface area contributed by atoms with Crippen molar-refractivity contribution in [3.63, 3.8) is 0 Å². The van der Waals surface area contributed by atoms with Gasteiger partial charge in [-0.25, -0.2) is 4.79 Å². The van der Waals surface area contributed by atoms with Crippen molar-refractivity contribution < 1.29 is 9.53 Å². The molecule has 2 rings (SSSR count). The van der Waals surface area contributed by atoms with Crippen molar-refractivity contribution in [1.82, 2.24) is 9.55 Å². The molecule has 0 aliphatic rings. The van der Waals surface area contributed by atoms with Crippen LogP contribution in [0.2, 0.25) is 0 Å². The van der Waals surface area contributed by atoms with Crippen molar-refractivity contribution in [1.29, 1.82) is 0 Å². The first-order valence-corrected chi connectivity index (χ1v) is 6.29. The zero-order valence-corrected chi connectivity index (χ0v) is 11.8. The number of nitrogens with zero attached hydrogens (tertiary/aromatic N) is 2. The molecular weight excluding hydrogens is 312 g/mol. The lowest BCUT2D eigenvalue weighted by Gasteiger charge is -2.09. The second kappa shape index (κ2) is 5.79. The summed E-state index contributed by atoms with van der Waals surface area (Å²) in [7, 11) is 1.31. The molecule has 0 saturated heterocycles. The molecule has 98 valence electrons. The van der Waals surface area contributed by atoms with Gasteiger partial charge in [0.15, 0.2) is 0 Å². The molecular formula is C13H11BrN2O3. The quantitative estimate of drug-likeness (QED) is 0.809. The summed E-state index contributed by atoms with van der Waals surface area (Å²) < 4.78 is 6.94. The van der Waals surface area contributed by atoms with E-state index in [1.807, 2.05) is 0 Å². The summed E-state index contributed by atoms with van der Waals surface area (Å²) in [5, 5.41) is 0. The molecule has 2 heterocycles. The molecule has 0 saturated carbocycles. The van der Waals surface area contributed by atoms with E-state index in [0.29, 0.717) is 11.3 Å². The molecule has 19 heavy (non-hydrogen) atoms. The third-order valence-electron chi connectivity index (χ3n) is 2.56. The van der Waals surface area contributed by atoms with Crippen molar-refractivity contribution in [3.8, 4) is 0 Å². The monoisotopic (exact) mass is 322 g/mol. The van der Waals surface area contributed by atoms with E-state index in [0.717, 1.165) is 4.47 Å². The minimum absolute atomic E-state index is 0.162. The largest absolute Gasteiger partial charge is 0.465 e. The Morgan fingerprint density at radius 2 is 2.21 bits per heavy atom. The first-order valence-electron chi connectivity index (χ1n) is 5.50. The lowest BCUT2D eigenvalue weighted by atomic mass is 10.2. The van der Waals surface area contributed by atoms with E-state index in [9.17, 15) is 9.59 Å². The number of esters is 1. The first kappa shape index (κ1) is 13.5. The van der Waals surface area contributed by atoms with Crippen LogP contribution in [0.1, 0.15) is 16.1 Å². The maximum atomic E-state index is 11.7. The van der Waals surface area contributed by atoms with Crippen LogP contribution in [-0.2, 0) is 11.3 Å². The van der Waals surface area contributed by atoms with E-state index < -0.39 is 5.97 Å². The van der Waals surface area contributed by atoms with Crippen molar-refractivity contribution >= 4 is 21.9 Å². The average Bonchev–Trinajstić information content (AvgIpc) is 2.42. The van der Waals surface area contributed by atoms with Crippen molar-refractivity contribution in [2.75, 3.05) is 7.11 Å². The Morgan fingerprint density at radius 1 is 1.42 bits per heavy atom. The molecule has 5 nitrogen and oxygen atoms in total. The lowest BCUT2D eigenvalue weighted by Crippen LogP contribution is -2.21. The van der Waals surface area contributed by atoms with Gasteiger partial charge in [-0.15, -0.1) is 0 Å². The van der Waals surface area contributed by atoms with E-state index >= 15 is 0 Å². The molecule has 0 aliphatic heterocycles. The summed E-state index contributed by atoms with van der Waals surface area (Å²) in [5.74, 6) is -0.467. The Balaban J connectivity index is 2.41. The number of aromatic nitrogens is 2. The molecule has 0 aliphatic carbocycles. The fraction of sp³-hybridized carbons (Fsp3) is 0.154. The number of hydrogen-bond donors (Lipinski definition) is 0. The first-order chi connectivity index (χ1) is 9.11. The normalized spacial score (nSPS) is 10.2. The van der Waals surface area contributed by atoms with Gasteiger partial charge in [0.05, 0.1) is 24.9 Å². The van der Waals surface area contributed by atoms with Crippen LogP contribution in [0, 0.1) is 0 Å². The summed E-state index contributed by atoms with van der Waals surface area (Å²) in [6.45, 7) is 0.212. The van der Waals surface area contributed by atoms with Crippen LogP contribution < -0.4 is 5.56 Å².